The number of rotatable bonds is 1. The van der Waals surface area contributed by atoms with E-state index in [1.807, 2.05) is 6.92 Å². The molecule has 0 rings (SSSR count). The standard InChI is InChI=1S/C7H13/c1-5-7(4)6(2)3/h2,5H2,1,3-4H3/b7-6-. The van der Waals surface area contributed by atoms with Crippen LogP contribution in [-0.4, -0.2) is 0 Å². The smallest absolute Gasteiger partial charge is 0.0283 e. The van der Waals surface area contributed by atoms with E-state index in [1.165, 1.54) is 11.1 Å². The molecular formula is C7H13. The van der Waals surface area contributed by atoms with Crippen molar-refractivity contribution in [1.29, 1.82) is 0 Å². The Hall–Kier alpha value is -0.260. The lowest BCUT2D eigenvalue weighted by atomic mass is 10.1. The zero-order chi connectivity index (χ0) is 5.86. The van der Waals surface area contributed by atoms with E-state index in [0.717, 1.165) is 6.42 Å². The summed E-state index contributed by atoms with van der Waals surface area (Å²) in [6.07, 6.45) is 1.13. The molecule has 0 aliphatic heterocycles. The topological polar surface area (TPSA) is 0 Å². The van der Waals surface area contributed by atoms with Crippen molar-refractivity contribution in [3.05, 3.63) is 18.1 Å². The van der Waals surface area contributed by atoms with Crippen LogP contribution in [0.25, 0.3) is 0 Å². The Morgan fingerprint density at radius 2 is 1.86 bits per heavy atom. The van der Waals surface area contributed by atoms with Gasteiger partial charge in [0.2, 0.25) is 0 Å². The van der Waals surface area contributed by atoms with Gasteiger partial charge in [-0.1, -0.05) is 18.1 Å². The molecule has 0 saturated heterocycles. The predicted molar refractivity (Wildman–Crippen MR) is 34.0 cm³/mol. The number of allylic oxidation sites excluding steroid dienone is 2. The fourth-order valence-electron chi connectivity index (χ4n) is 0.302. The summed E-state index contributed by atoms with van der Waals surface area (Å²) in [6, 6.07) is 0. The van der Waals surface area contributed by atoms with E-state index in [2.05, 4.69) is 20.8 Å². The zero-order valence-corrected chi connectivity index (χ0v) is 5.41. The predicted octanol–water partition coefficient (Wildman–Crippen LogP) is 2.57. The molecule has 0 nitrogen and oxygen atoms in total. The van der Waals surface area contributed by atoms with Crippen LogP contribution >= 0.6 is 0 Å². The van der Waals surface area contributed by atoms with Crippen molar-refractivity contribution in [1.82, 2.24) is 0 Å². The summed E-state index contributed by atoms with van der Waals surface area (Å²) in [6.45, 7) is 10.1. The van der Waals surface area contributed by atoms with Crippen molar-refractivity contribution in [3.63, 3.8) is 0 Å². The summed E-state index contributed by atoms with van der Waals surface area (Å²) in [5, 5.41) is 0. The highest BCUT2D eigenvalue weighted by atomic mass is 13.9. The van der Waals surface area contributed by atoms with Gasteiger partial charge in [0.05, 0.1) is 0 Å². The van der Waals surface area contributed by atoms with Crippen LogP contribution < -0.4 is 0 Å². The monoisotopic (exact) mass is 97.1 g/mol. The minimum atomic E-state index is 1.13. The van der Waals surface area contributed by atoms with Gasteiger partial charge in [0.1, 0.15) is 0 Å². The lowest BCUT2D eigenvalue weighted by Gasteiger charge is -1.94. The molecule has 0 amide bonds. The van der Waals surface area contributed by atoms with Crippen LogP contribution in [0, 0.1) is 6.92 Å². The summed E-state index contributed by atoms with van der Waals surface area (Å²) in [4.78, 5) is 0. The first kappa shape index (κ1) is 6.74. The summed E-state index contributed by atoms with van der Waals surface area (Å²) in [5.41, 5.74) is 2.61. The Labute approximate surface area is 46.2 Å². The average molecular weight is 97.2 g/mol. The van der Waals surface area contributed by atoms with Crippen LogP contribution in [0.15, 0.2) is 11.1 Å². The highest BCUT2D eigenvalue weighted by Crippen LogP contribution is 2.03. The first-order valence-electron chi connectivity index (χ1n) is 2.66. The summed E-state index contributed by atoms with van der Waals surface area (Å²) in [7, 11) is 0. The lowest BCUT2D eigenvalue weighted by Crippen LogP contribution is -1.74. The third-order valence-electron chi connectivity index (χ3n) is 1.26. The average Bonchev–Trinajstić information content (AvgIpc) is 1.65. The first-order chi connectivity index (χ1) is 3.18. The van der Waals surface area contributed by atoms with Crippen molar-refractivity contribution in [2.75, 3.05) is 0 Å². The molecule has 0 aliphatic carbocycles. The largest absolute Gasteiger partial charge is 0.0747 e. The fraction of sp³-hybridized carbons (Fsp3) is 0.571. The number of hydrogen-bond donors (Lipinski definition) is 0. The fourth-order valence-corrected chi connectivity index (χ4v) is 0.302. The van der Waals surface area contributed by atoms with Gasteiger partial charge in [-0.15, -0.1) is 0 Å². The summed E-state index contributed by atoms with van der Waals surface area (Å²) < 4.78 is 0. The van der Waals surface area contributed by atoms with Crippen molar-refractivity contribution >= 4 is 0 Å². The van der Waals surface area contributed by atoms with Gasteiger partial charge in [-0.05, 0) is 27.2 Å². The van der Waals surface area contributed by atoms with Gasteiger partial charge in [-0.3, -0.25) is 0 Å². The van der Waals surface area contributed by atoms with Gasteiger partial charge in [0.25, 0.3) is 0 Å². The molecule has 0 aliphatic rings. The molecule has 0 spiro atoms. The molecule has 0 atom stereocenters. The minimum Gasteiger partial charge on any atom is -0.0747 e. The molecule has 41 valence electrons. The third-order valence-corrected chi connectivity index (χ3v) is 1.26. The summed E-state index contributed by atoms with van der Waals surface area (Å²) in [5.74, 6) is 0. The van der Waals surface area contributed by atoms with Crippen molar-refractivity contribution in [3.8, 4) is 0 Å². The molecule has 0 aromatic carbocycles. The van der Waals surface area contributed by atoms with E-state index in [9.17, 15) is 0 Å². The molecule has 1 radical (unpaired) electrons. The van der Waals surface area contributed by atoms with E-state index >= 15 is 0 Å². The van der Waals surface area contributed by atoms with Crippen LogP contribution in [0.3, 0.4) is 0 Å². The highest BCUT2D eigenvalue weighted by molar-refractivity contribution is 5.10. The second-order valence-electron chi connectivity index (χ2n) is 1.91. The molecule has 0 saturated carbocycles. The molecular weight excluding hydrogens is 84.1 g/mol. The third kappa shape index (κ3) is 2.44. The Bertz CT molecular complexity index is 74.0. The van der Waals surface area contributed by atoms with E-state index in [1.54, 1.807) is 0 Å². The molecule has 0 aromatic rings. The Morgan fingerprint density at radius 3 is 1.86 bits per heavy atom. The first-order valence-corrected chi connectivity index (χ1v) is 2.66. The SMILES string of the molecule is [CH2]/C(C)=C(\C)CC. The molecule has 0 bridgehead atoms. The van der Waals surface area contributed by atoms with Gasteiger partial charge in [-0.2, -0.15) is 0 Å². The molecule has 7 heavy (non-hydrogen) atoms. The highest BCUT2D eigenvalue weighted by Gasteiger charge is 1.83. The number of hydrogen-bond acceptors (Lipinski definition) is 0. The van der Waals surface area contributed by atoms with Gasteiger partial charge < -0.3 is 0 Å². The summed E-state index contributed by atoms with van der Waals surface area (Å²) >= 11 is 0. The van der Waals surface area contributed by atoms with Crippen LogP contribution in [0.2, 0.25) is 0 Å². The molecule has 0 fully saturated rings. The Kier molecular flexibility index (Phi) is 2.73. The molecule has 0 unspecified atom stereocenters. The molecule has 0 aromatic heterocycles. The normalized spacial score (nSPS) is 13.7. The van der Waals surface area contributed by atoms with Crippen molar-refractivity contribution in [2.45, 2.75) is 27.2 Å². The molecule has 0 heteroatoms. The minimum absolute atomic E-state index is 1.13. The second-order valence-corrected chi connectivity index (χ2v) is 1.91. The van der Waals surface area contributed by atoms with E-state index < -0.39 is 0 Å². The van der Waals surface area contributed by atoms with E-state index in [0.29, 0.717) is 0 Å². The lowest BCUT2D eigenvalue weighted by molar-refractivity contribution is 1.07. The van der Waals surface area contributed by atoms with Gasteiger partial charge >= 0.3 is 0 Å². The molecule has 0 N–H and O–H groups in total. The molecule has 0 heterocycles. The van der Waals surface area contributed by atoms with Gasteiger partial charge in [0.15, 0.2) is 0 Å². The maximum absolute atomic E-state index is 3.79. The second kappa shape index (κ2) is 2.84. The zero-order valence-electron chi connectivity index (χ0n) is 5.41. The maximum atomic E-state index is 3.79. The van der Waals surface area contributed by atoms with Gasteiger partial charge in [0, 0.05) is 0 Å². The van der Waals surface area contributed by atoms with Crippen LogP contribution in [-0.2, 0) is 0 Å². The Balaban J connectivity index is 3.72. The van der Waals surface area contributed by atoms with Crippen molar-refractivity contribution in [2.24, 2.45) is 0 Å². The van der Waals surface area contributed by atoms with Crippen LogP contribution in [0.5, 0.6) is 0 Å². The van der Waals surface area contributed by atoms with Gasteiger partial charge in [-0.25, -0.2) is 0 Å². The van der Waals surface area contributed by atoms with E-state index in [-0.39, 0.29) is 0 Å². The van der Waals surface area contributed by atoms with Crippen molar-refractivity contribution < 1.29 is 0 Å². The quantitative estimate of drug-likeness (QED) is 0.471. The van der Waals surface area contributed by atoms with Crippen LogP contribution in [0.1, 0.15) is 27.2 Å². The maximum Gasteiger partial charge on any atom is -0.0283 e. The Morgan fingerprint density at radius 1 is 1.43 bits per heavy atom. The van der Waals surface area contributed by atoms with E-state index in [4.69, 9.17) is 0 Å². The van der Waals surface area contributed by atoms with Crippen LogP contribution in [0.4, 0.5) is 0 Å².